The first-order valence-electron chi connectivity index (χ1n) is 14.7. The van der Waals surface area contributed by atoms with E-state index < -0.39 is 5.97 Å². The van der Waals surface area contributed by atoms with Crippen molar-refractivity contribution in [2.75, 3.05) is 63.4 Å². The molecule has 0 saturated heterocycles. The fourth-order valence-electron chi connectivity index (χ4n) is 4.80. The number of likely N-dealkylation sites (N-methyl/N-ethyl adjacent to an activating group) is 2. The maximum atomic E-state index is 12.3. The van der Waals surface area contributed by atoms with Crippen LogP contribution < -0.4 is 26.0 Å². The first-order valence-corrected chi connectivity index (χ1v) is 14.7. The van der Waals surface area contributed by atoms with Crippen molar-refractivity contribution in [3.8, 4) is 23.1 Å². The number of methoxy groups -OCH3 is 1. The number of nitriles is 1. The second-order valence-electron chi connectivity index (χ2n) is 11.0. The van der Waals surface area contributed by atoms with E-state index in [9.17, 15) is 14.9 Å². The number of carbonyl (C=O) groups excluding carboxylic acids is 1. The van der Waals surface area contributed by atoms with Crippen LogP contribution in [0.3, 0.4) is 0 Å². The van der Waals surface area contributed by atoms with Crippen molar-refractivity contribution in [3.63, 3.8) is 0 Å². The molecule has 1 aliphatic rings. The molecule has 46 heavy (non-hydrogen) atoms. The van der Waals surface area contributed by atoms with Gasteiger partial charge in [0, 0.05) is 54.9 Å². The van der Waals surface area contributed by atoms with Crippen LogP contribution in [0.25, 0.3) is 22.2 Å². The number of benzene rings is 2. The average Bonchev–Trinajstić information content (AvgIpc) is 3.83. The summed E-state index contributed by atoms with van der Waals surface area (Å²) in [7, 11) is 7.57. The molecule has 0 unspecified atom stereocenters. The smallest absolute Gasteiger partial charge is 0.317 e. The summed E-state index contributed by atoms with van der Waals surface area (Å²) in [6, 6.07) is 14.6. The van der Waals surface area contributed by atoms with Gasteiger partial charge in [0.2, 0.25) is 11.9 Å². The Hall–Kier alpha value is -5.45. The van der Waals surface area contributed by atoms with Crippen LogP contribution in [0, 0.1) is 11.3 Å². The first kappa shape index (κ1) is 33.4. The van der Waals surface area contributed by atoms with Gasteiger partial charge in [-0.3, -0.25) is 9.59 Å². The number of nitrogens with one attached hydrogen (secondary N) is 2. The van der Waals surface area contributed by atoms with E-state index in [4.69, 9.17) is 14.8 Å². The van der Waals surface area contributed by atoms with Gasteiger partial charge < -0.3 is 40.6 Å². The molecule has 0 atom stereocenters. The summed E-state index contributed by atoms with van der Waals surface area (Å²) in [5.41, 5.74) is 9.46. The highest BCUT2D eigenvalue weighted by molar-refractivity contribution is 6.02. The van der Waals surface area contributed by atoms with Gasteiger partial charge >= 0.3 is 5.97 Å². The van der Waals surface area contributed by atoms with E-state index in [0.29, 0.717) is 40.4 Å². The van der Waals surface area contributed by atoms with Crippen LogP contribution in [0.2, 0.25) is 0 Å². The van der Waals surface area contributed by atoms with E-state index in [2.05, 4.69) is 66.7 Å². The number of carbonyl (C=O) groups is 2. The zero-order valence-electron chi connectivity index (χ0n) is 26.4. The normalized spacial score (nSPS) is 12.1. The summed E-state index contributed by atoms with van der Waals surface area (Å²) in [4.78, 5) is 34.9. The average molecular weight is 626 g/mol. The van der Waals surface area contributed by atoms with Crippen LogP contribution in [0.5, 0.6) is 5.75 Å². The molecule has 4 aromatic rings. The van der Waals surface area contributed by atoms with Crippen molar-refractivity contribution in [3.05, 3.63) is 67.0 Å². The summed E-state index contributed by atoms with van der Waals surface area (Å²) >= 11 is 0. The molecule has 2 aromatic heterocycles. The molecule has 1 fully saturated rings. The van der Waals surface area contributed by atoms with E-state index >= 15 is 0 Å². The van der Waals surface area contributed by atoms with E-state index in [0.717, 1.165) is 48.1 Å². The molecule has 5 rings (SSSR count). The van der Waals surface area contributed by atoms with Crippen molar-refractivity contribution < 1.29 is 19.4 Å². The van der Waals surface area contributed by atoms with Crippen LogP contribution in [0.1, 0.15) is 24.4 Å². The standard InChI is InChI=1S/C31H34N8O2.C2H5NO2/c1-6-29(40)34-24-15-25(28(41-5)16-27(24)38(4)14-13-37(2)3)35-31-33-18-20(17-32)30(36-31)23-19-39(21-11-12-21)26-10-8-7-9-22(23)26;3-1-2(4)5/h6-10,15-16,18-19,21H,1,11-14H2,2-5H3,(H,34,40)(H,33,35,36);1,3H2,(H,4,5). The Morgan fingerprint density at radius 2 is 1.93 bits per heavy atom. The summed E-state index contributed by atoms with van der Waals surface area (Å²) < 4.78 is 8.01. The van der Waals surface area contributed by atoms with Crippen molar-refractivity contribution in [2.24, 2.45) is 5.73 Å². The molecule has 0 bridgehead atoms. The lowest BCUT2D eigenvalue weighted by molar-refractivity contribution is -0.135. The third-order valence-electron chi connectivity index (χ3n) is 7.32. The van der Waals surface area contributed by atoms with Gasteiger partial charge in [0.05, 0.1) is 48.2 Å². The summed E-state index contributed by atoms with van der Waals surface area (Å²) in [5, 5.41) is 24.7. The van der Waals surface area contributed by atoms with Gasteiger partial charge in [-0.25, -0.2) is 9.97 Å². The number of nitrogens with zero attached hydrogens (tertiary/aromatic N) is 6. The minimum absolute atomic E-state index is 0.278. The molecule has 0 aliphatic heterocycles. The van der Waals surface area contributed by atoms with E-state index in [1.54, 1.807) is 13.2 Å². The Bertz CT molecular complexity index is 1770. The van der Waals surface area contributed by atoms with Crippen LogP contribution in [-0.4, -0.2) is 84.3 Å². The topological polar surface area (TPSA) is 175 Å². The van der Waals surface area contributed by atoms with Gasteiger partial charge in [-0.05, 0) is 45.1 Å². The highest BCUT2D eigenvalue weighted by Gasteiger charge is 2.27. The van der Waals surface area contributed by atoms with E-state index in [-0.39, 0.29) is 12.5 Å². The number of hydrogen-bond donors (Lipinski definition) is 4. The molecule has 13 heteroatoms. The highest BCUT2D eigenvalue weighted by atomic mass is 16.5. The Morgan fingerprint density at radius 1 is 1.22 bits per heavy atom. The third kappa shape index (κ3) is 7.98. The number of nitrogens with two attached hydrogens (primary N) is 1. The minimum atomic E-state index is -0.968. The van der Waals surface area contributed by atoms with Gasteiger partial charge in [-0.2, -0.15) is 5.26 Å². The number of para-hydroxylation sites is 1. The van der Waals surface area contributed by atoms with Crippen molar-refractivity contribution >= 4 is 45.8 Å². The minimum Gasteiger partial charge on any atom is -0.494 e. The number of anilines is 4. The summed E-state index contributed by atoms with van der Waals surface area (Å²) in [6.07, 6.45) is 7.14. The predicted octanol–water partition coefficient (Wildman–Crippen LogP) is 4.21. The molecule has 1 amide bonds. The maximum absolute atomic E-state index is 12.3. The van der Waals surface area contributed by atoms with Crippen molar-refractivity contribution in [1.82, 2.24) is 19.4 Å². The lowest BCUT2D eigenvalue weighted by Crippen LogP contribution is -2.29. The number of fused-ring (bicyclic) bond motifs is 1. The second kappa shape index (κ2) is 15.0. The Morgan fingerprint density at radius 3 is 2.54 bits per heavy atom. The SMILES string of the molecule is C=CC(=O)Nc1cc(Nc2ncc(C#N)c(-c3cn(C4CC4)c4ccccc34)n2)c(OC)cc1N(C)CCN(C)C.NCC(=O)O. The molecule has 0 radical (unpaired) electrons. The van der Waals surface area contributed by atoms with Gasteiger partial charge in [-0.15, -0.1) is 0 Å². The molecule has 2 aromatic carbocycles. The molecule has 2 heterocycles. The number of aromatic nitrogens is 3. The molecular formula is C33H39N9O4. The number of hydrogen-bond acceptors (Lipinski definition) is 10. The zero-order chi connectivity index (χ0) is 33.4. The number of aliphatic carboxylic acids is 1. The number of amides is 1. The van der Waals surface area contributed by atoms with Gasteiger partial charge in [-0.1, -0.05) is 24.8 Å². The van der Waals surface area contributed by atoms with Crippen LogP contribution in [0.4, 0.5) is 23.0 Å². The Balaban J connectivity index is 0.000000892. The van der Waals surface area contributed by atoms with Crippen LogP contribution >= 0.6 is 0 Å². The number of ether oxygens (including phenoxy) is 1. The quantitative estimate of drug-likeness (QED) is 0.166. The highest BCUT2D eigenvalue weighted by Crippen LogP contribution is 2.42. The fourth-order valence-corrected chi connectivity index (χ4v) is 4.80. The zero-order valence-corrected chi connectivity index (χ0v) is 26.4. The maximum Gasteiger partial charge on any atom is 0.317 e. The number of carboxylic acid groups (broad SMARTS) is 1. The van der Waals surface area contributed by atoms with E-state index in [1.165, 1.54) is 12.3 Å². The van der Waals surface area contributed by atoms with Crippen molar-refractivity contribution in [1.29, 1.82) is 5.26 Å². The molecule has 1 saturated carbocycles. The van der Waals surface area contributed by atoms with Gasteiger partial charge in [0.1, 0.15) is 11.8 Å². The molecular weight excluding hydrogens is 586 g/mol. The molecule has 0 spiro atoms. The molecule has 240 valence electrons. The largest absolute Gasteiger partial charge is 0.494 e. The van der Waals surface area contributed by atoms with Crippen LogP contribution in [-0.2, 0) is 9.59 Å². The third-order valence-corrected chi connectivity index (χ3v) is 7.32. The number of rotatable bonds is 12. The summed E-state index contributed by atoms with van der Waals surface area (Å²) in [5.74, 6) is -0.444. The first-order chi connectivity index (χ1) is 22.1. The van der Waals surface area contributed by atoms with Crippen LogP contribution in [0.15, 0.2) is 61.4 Å². The lowest BCUT2D eigenvalue weighted by atomic mass is 10.1. The van der Waals surface area contributed by atoms with Crippen molar-refractivity contribution in [2.45, 2.75) is 18.9 Å². The fraction of sp³-hybridized carbons (Fsp3) is 0.303. The lowest BCUT2D eigenvalue weighted by Gasteiger charge is -2.26. The summed E-state index contributed by atoms with van der Waals surface area (Å²) in [6.45, 7) is 4.87. The molecule has 1 aliphatic carbocycles. The Kier molecular flexibility index (Phi) is 10.9. The van der Waals surface area contributed by atoms with Gasteiger partial charge in [0.25, 0.3) is 0 Å². The second-order valence-corrected chi connectivity index (χ2v) is 11.0. The number of carboxylic acids is 1. The Labute approximate surface area is 267 Å². The molecule has 13 nitrogen and oxygen atoms in total. The monoisotopic (exact) mass is 625 g/mol. The molecule has 5 N–H and O–H groups in total. The van der Waals surface area contributed by atoms with E-state index in [1.807, 2.05) is 39.3 Å². The van der Waals surface area contributed by atoms with Gasteiger partial charge in [0.15, 0.2) is 0 Å². The predicted molar refractivity (Wildman–Crippen MR) is 180 cm³/mol.